The minimum Gasteiger partial charge on any atom is -0.339 e. The van der Waals surface area contributed by atoms with Gasteiger partial charge in [0.2, 0.25) is 11.7 Å². The van der Waals surface area contributed by atoms with Gasteiger partial charge in [-0.3, -0.25) is 0 Å². The SMILES string of the molecule is Cc1cccc(C)c1NC(=O)N1CCC(c2nc(-c3ccccc3)no2)CC1. The standard InChI is InChI=1S/C22H24N4O2/c1-15-7-6-8-16(2)19(15)23-22(27)26-13-11-18(12-14-26)21-24-20(25-28-21)17-9-4-3-5-10-17/h3-10,18H,11-14H2,1-2H3,(H,23,27). The van der Waals surface area contributed by atoms with Gasteiger partial charge in [0, 0.05) is 30.3 Å². The minimum absolute atomic E-state index is 0.0497. The van der Waals surface area contributed by atoms with Crippen molar-refractivity contribution in [3.63, 3.8) is 0 Å². The van der Waals surface area contributed by atoms with E-state index in [0.29, 0.717) is 24.8 Å². The number of benzene rings is 2. The summed E-state index contributed by atoms with van der Waals surface area (Å²) in [6.45, 7) is 5.36. The number of nitrogens with one attached hydrogen (secondary N) is 1. The number of carbonyl (C=O) groups excluding carboxylic acids is 1. The predicted octanol–water partition coefficient (Wildman–Crippen LogP) is 4.76. The van der Waals surface area contributed by atoms with Gasteiger partial charge in [0.15, 0.2) is 0 Å². The Bertz CT molecular complexity index is 939. The summed E-state index contributed by atoms with van der Waals surface area (Å²) in [5, 5.41) is 7.18. The van der Waals surface area contributed by atoms with Gasteiger partial charge in [-0.1, -0.05) is 53.7 Å². The normalized spacial score (nSPS) is 14.9. The number of anilines is 1. The van der Waals surface area contributed by atoms with Crippen molar-refractivity contribution in [2.24, 2.45) is 0 Å². The number of nitrogens with zero attached hydrogens (tertiary/aromatic N) is 3. The zero-order valence-electron chi connectivity index (χ0n) is 16.2. The van der Waals surface area contributed by atoms with Crippen LogP contribution in [0.25, 0.3) is 11.4 Å². The summed E-state index contributed by atoms with van der Waals surface area (Å²) in [4.78, 5) is 19.1. The number of hydrogen-bond donors (Lipinski definition) is 1. The van der Waals surface area contributed by atoms with Crippen LogP contribution in [0.4, 0.5) is 10.5 Å². The van der Waals surface area contributed by atoms with E-state index in [0.717, 1.165) is 35.2 Å². The lowest BCUT2D eigenvalue weighted by molar-refractivity contribution is 0.187. The Morgan fingerprint density at radius 2 is 1.71 bits per heavy atom. The average molecular weight is 376 g/mol. The number of carbonyl (C=O) groups is 1. The second-order valence-corrected chi connectivity index (χ2v) is 7.28. The number of rotatable bonds is 3. The third kappa shape index (κ3) is 3.76. The molecule has 0 saturated carbocycles. The molecule has 4 rings (SSSR count). The Hall–Kier alpha value is -3.15. The minimum atomic E-state index is -0.0497. The lowest BCUT2D eigenvalue weighted by Gasteiger charge is -2.30. The maximum atomic E-state index is 12.7. The van der Waals surface area contributed by atoms with E-state index in [9.17, 15) is 4.79 Å². The fourth-order valence-corrected chi connectivity index (χ4v) is 3.63. The lowest BCUT2D eigenvalue weighted by atomic mass is 9.97. The molecule has 0 atom stereocenters. The van der Waals surface area contributed by atoms with Crippen molar-refractivity contribution in [1.82, 2.24) is 15.0 Å². The molecule has 0 radical (unpaired) electrons. The number of amides is 2. The van der Waals surface area contributed by atoms with Gasteiger partial charge >= 0.3 is 6.03 Å². The summed E-state index contributed by atoms with van der Waals surface area (Å²) in [7, 11) is 0. The Morgan fingerprint density at radius 1 is 1.04 bits per heavy atom. The van der Waals surface area contributed by atoms with Gasteiger partial charge in [0.05, 0.1) is 0 Å². The first kappa shape index (κ1) is 18.2. The summed E-state index contributed by atoms with van der Waals surface area (Å²) < 4.78 is 5.50. The van der Waals surface area contributed by atoms with E-state index >= 15 is 0 Å². The molecule has 0 spiro atoms. The lowest BCUT2D eigenvalue weighted by Crippen LogP contribution is -2.40. The highest BCUT2D eigenvalue weighted by atomic mass is 16.5. The molecule has 3 aromatic rings. The molecule has 1 saturated heterocycles. The summed E-state index contributed by atoms with van der Waals surface area (Å²) >= 11 is 0. The number of piperidine rings is 1. The van der Waals surface area contributed by atoms with E-state index < -0.39 is 0 Å². The maximum absolute atomic E-state index is 12.7. The number of aromatic nitrogens is 2. The molecule has 1 fully saturated rings. The molecule has 1 aliphatic heterocycles. The van der Waals surface area contributed by atoms with Crippen LogP contribution in [0.3, 0.4) is 0 Å². The topological polar surface area (TPSA) is 71.3 Å². The monoisotopic (exact) mass is 376 g/mol. The van der Waals surface area contributed by atoms with Gasteiger partial charge in [-0.15, -0.1) is 0 Å². The predicted molar refractivity (Wildman–Crippen MR) is 108 cm³/mol. The molecule has 144 valence electrons. The van der Waals surface area contributed by atoms with Gasteiger partial charge < -0.3 is 14.7 Å². The van der Waals surface area contributed by atoms with Crippen LogP contribution in [0.2, 0.25) is 0 Å². The average Bonchev–Trinajstić information content (AvgIpc) is 3.22. The van der Waals surface area contributed by atoms with Crippen molar-refractivity contribution in [2.45, 2.75) is 32.6 Å². The number of aryl methyl sites for hydroxylation is 2. The molecular formula is C22H24N4O2. The van der Waals surface area contributed by atoms with E-state index in [1.165, 1.54) is 0 Å². The van der Waals surface area contributed by atoms with Crippen molar-refractivity contribution in [1.29, 1.82) is 0 Å². The molecule has 1 N–H and O–H groups in total. The third-order valence-corrected chi connectivity index (χ3v) is 5.32. The van der Waals surface area contributed by atoms with Crippen LogP contribution < -0.4 is 5.32 Å². The number of urea groups is 1. The second-order valence-electron chi connectivity index (χ2n) is 7.28. The smallest absolute Gasteiger partial charge is 0.321 e. The van der Waals surface area contributed by atoms with E-state index in [-0.39, 0.29) is 11.9 Å². The highest BCUT2D eigenvalue weighted by Gasteiger charge is 2.28. The maximum Gasteiger partial charge on any atom is 0.321 e. The Kier molecular flexibility index (Phi) is 5.10. The van der Waals surface area contributed by atoms with Crippen LogP contribution in [0, 0.1) is 13.8 Å². The molecule has 1 aromatic heterocycles. The molecular weight excluding hydrogens is 352 g/mol. The molecule has 2 heterocycles. The highest BCUT2D eigenvalue weighted by Crippen LogP contribution is 2.29. The fourth-order valence-electron chi connectivity index (χ4n) is 3.63. The molecule has 2 amide bonds. The zero-order valence-corrected chi connectivity index (χ0v) is 16.2. The van der Waals surface area contributed by atoms with Gasteiger partial charge in [0.1, 0.15) is 0 Å². The Labute approximate surface area is 164 Å². The van der Waals surface area contributed by atoms with Gasteiger partial charge in [0.25, 0.3) is 0 Å². The van der Waals surface area contributed by atoms with Crippen molar-refractivity contribution < 1.29 is 9.32 Å². The molecule has 6 heteroatoms. The first-order valence-electron chi connectivity index (χ1n) is 9.63. The van der Waals surface area contributed by atoms with Gasteiger partial charge in [-0.25, -0.2) is 4.79 Å². The molecule has 1 aliphatic rings. The Balaban J connectivity index is 1.37. The molecule has 28 heavy (non-hydrogen) atoms. The van der Waals surface area contributed by atoms with Gasteiger partial charge in [-0.05, 0) is 37.8 Å². The molecule has 0 bridgehead atoms. The summed E-state index contributed by atoms with van der Waals surface area (Å²) in [5.41, 5.74) is 3.99. The van der Waals surface area contributed by atoms with E-state index in [4.69, 9.17) is 4.52 Å². The quantitative estimate of drug-likeness (QED) is 0.715. The largest absolute Gasteiger partial charge is 0.339 e. The molecule has 6 nitrogen and oxygen atoms in total. The summed E-state index contributed by atoms with van der Waals surface area (Å²) in [5.74, 6) is 1.47. The van der Waals surface area contributed by atoms with E-state index in [1.54, 1.807) is 0 Å². The van der Waals surface area contributed by atoms with Crippen molar-refractivity contribution in [3.05, 3.63) is 65.5 Å². The Morgan fingerprint density at radius 3 is 2.39 bits per heavy atom. The van der Waals surface area contributed by atoms with Crippen LogP contribution in [-0.4, -0.2) is 34.2 Å². The third-order valence-electron chi connectivity index (χ3n) is 5.32. The summed E-state index contributed by atoms with van der Waals surface area (Å²) in [6.07, 6.45) is 1.63. The van der Waals surface area contributed by atoms with Crippen LogP contribution in [0.5, 0.6) is 0 Å². The molecule has 0 aliphatic carbocycles. The number of hydrogen-bond acceptors (Lipinski definition) is 4. The van der Waals surface area contributed by atoms with Crippen LogP contribution in [0.1, 0.15) is 35.8 Å². The first-order chi connectivity index (χ1) is 13.6. The highest BCUT2D eigenvalue weighted by molar-refractivity contribution is 5.91. The van der Waals surface area contributed by atoms with Crippen LogP contribution in [-0.2, 0) is 0 Å². The van der Waals surface area contributed by atoms with E-state index in [2.05, 4.69) is 15.5 Å². The zero-order chi connectivity index (χ0) is 19.5. The molecule has 0 unspecified atom stereocenters. The fraction of sp³-hybridized carbons (Fsp3) is 0.318. The summed E-state index contributed by atoms with van der Waals surface area (Å²) in [6, 6.07) is 15.8. The van der Waals surface area contributed by atoms with E-state index in [1.807, 2.05) is 67.3 Å². The molecule has 2 aromatic carbocycles. The van der Waals surface area contributed by atoms with Crippen molar-refractivity contribution in [3.8, 4) is 11.4 Å². The number of para-hydroxylation sites is 1. The van der Waals surface area contributed by atoms with Crippen LogP contribution in [0.15, 0.2) is 53.1 Å². The number of likely N-dealkylation sites (tertiary alicyclic amines) is 1. The van der Waals surface area contributed by atoms with Crippen LogP contribution >= 0.6 is 0 Å². The first-order valence-corrected chi connectivity index (χ1v) is 9.63. The van der Waals surface area contributed by atoms with Crippen molar-refractivity contribution in [2.75, 3.05) is 18.4 Å². The van der Waals surface area contributed by atoms with Gasteiger partial charge in [-0.2, -0.15) is 4.98 Å². The second kappa shape index (κ2) is 7.84. The van der Waals surface area contributed by atoms with Crippen molar-refractivity contribution >= 4 is 11.7 Å².